The van der Waals surface area contributed by atoms with Crippen LogP contribution >= 0.6 is 11.8 Å². The van der Waals surface area contributed by atoms with E-state index in [1.807, 2.05) is 37.3 Å². The monoisotopic (exact) mass is 486 g/mol. The van der Waals surface area contributed by atoms with Gasteiger partial charge in [-0.05, 0) is 38.7 Å². The summed E-state index contributed by atoms with van der Waals surface area (Å²) in [6, 6.07) is 9.07. The predicted molar refractivity (Wildman–Crippen MR) is 131 cm³/mol. The number of carbonyl (C=O) groups is 3. The van der Waals surface area contributed by atoms with Crippen LogP contribution in [0.3, 0.4) is 0 Å². The lowest BCUT2D eigenvalue weighted by Crippen LogP contribution is -2.54. The number of hydrogen-bond acceptors (Lipinski definition) is 6. The van der Waals surface area contributed by atoms with Gasteiger partial charge in [0.2, 0.25) is 11.8 Å². The van der Waals surface area contributed by atoms with Gasteiger partial charge in [0.15, 0.2) is 0 Å². The second-order valence-electron chi connectivity index (χ2n) is 9.58. The topological polar surface area (TPSA) is 87.2 Å². The number of benzene rings is 1. The Labute approximate surface area is 205 Å². The van der Waals surface area contributed by atoms with E-state index in [4.69, 9.17) is 4.74 Å². The van der Waals surface area contributed by atoms with E-state index in [-0.39, 0.29) is 37.5 Å². The second-order valence-corrected chi connectivity index (χ2v) is 11.5. The summed E-state index contributed by atoms with van der Waals surface area (Å²) in [7, 11) is 0. The van der Waals surface area contributed by atoms with Gasteiger partial charge in [0, 0.05) is 31.0 Å². The van der Waals surface area contributed by atoms with Gasteiger partial charge < -0.3 is 19.6 Å². The van der Waals surface area contributed by atoms with E-state index in [0.29, 0.717) is 25.9 Å². The van der Waals surface area contributed by atoms with Crippen LogP contribution in [0.5, 0.6) is 0 Å². The van der Waals surface area contributed by atoms with Gasteiger partial charge in [-0.25, -0.2) is 0 Å². The summed E-state index contributed by atoms with van der Waals surface area (Å²) in [6.45, 7) is 8.87. The maximum absolute atomic E-state index is 14.2. The zero-order chi connectivity index (χ0) is 24.5. The summed E-state index contributed by atoms with van der Waals surface area (Å²) in [5.74, 6) is -1.81. The maximum atomic E-state index is 14.2. The average Bonchev–Trinajstić information content (AvgIpc) is 3.38. The zero-order valence-electron chi connectivity index (χ0n) is 19.9. The first kappa shape index (κ1) is 24.8. The Kier molecular flexibility index (Phi) is 7.10. The van der Waals surface area contributed by atoms with E-state index in [1.165, 1.54) is 0 Å². The number of carbonyl (C=O) groups excluding carboxylic acids is 3. The molecule has 2 bridgehead atoms. The van der Waals surface area contributed by atoms with Gasteiger partial charge in [-0.15, -0.1) is 18.3 Å². The van der Waals surface area contributed by atoms with Crippen LogP contribution in [0.2, 0.25) is 0 Å². The molecule has 3 saturated heterocycles. The molecule has 3 heterocycles. The molecule has 0 saturated carbocycles. The molecular weight excluding hydrogens is 452 g/mol. The number of amides is 2. The molecular formula is C26H34N2O5S. The van der Waals surface area contributed by atoms with Gasteiger partial charge in [-0.2, -0.15) is 0 Å². The van der Waals surface area contributed by atoms with Gasteiger partial charge in [0.25, 0.3) is 0 Å². The van der Waals surface area contributed by atoms with Crippen LogP contribution in [0.4, 0.5) is 0 Å². The molecule has 3 fully saturated rings. The van der Waals surface area contributed by atoms with Crippen LogP contribution in [-0.2, 0) is 25.7 Å². The summed E-state index contributed by atoms with van der Waals surface area (Å²) < 4.78 is 4.29. The van der Waals surface area contributed by atoms with Gasteiger partial charge in [0.05, 0.1) is 23.2 Å². The number of likely N-dealkylation sites (tertiary alicyclic amines) is 1. The lowest BCUT2D eigenvalue weighted by molar-refractivity contribution is -0.155. The largest absolute Gasteiger partial charge is 0.466 e. The molecule has 0 radical (unpaired) electrons. The summed E-state index contributed by atoms with van der Waals surface area (Å²) in [6.07, 6.45) is 3.53. The van der Waals surface area contributed by atoms with Crippen LogP contribution < -0.4 is 0 Å². The van der Waals surface area contributed by atoms with Crippen molar-refractivity contribution in [2.75, 3.05) is 26.3 Å². The molecule has 1 aromatic carbocycles. The van der Waals surface area contributed by atoms with E-state index in [1.54, 1.807) is 34.6 Å². The Morgan fingerprint density at radius 1 is 1.32 bits per heavy atom. The van der Waals surface area contributed by atoms with Gasteiger partial charge in [0.1, 0.15) is 6.04 Å². The highest BCUT2D eigenvalue weighted by atomic mass is 32.2. The van der Waals surface area contributed by atoms with Crippen LogP contribution in [0, 0.1) is 11.8 Å². The summed E-state index contributed by atoms with van der Waals surface area (Å²) in [5, 5.41) is 9.48. The van der Waals surface area contributed by atoms with Crippen LogP contribution in [0.25, 0.3) is 0 Å². The van der Waals surface area contributed by atoms with Gasteiger partial charge in [-0.1, -0.05) is 36.4 Å². The molecule has 34 heavy (non-hydrogen) atoms. The Morgan fingerprint density at radius 2 is 2.06 bits per heavy atom. The van der Waals surface area contributed by atoms with Crippen molar-refractivity contribution in [1.82, 2.24) is 9.80 Å². The van der Waals surface area contributed by atoms with Crippen molar-refractivity contribution in [3.63, 3.8) is 0 Å². The third-order valence-corrected chi connectivity index (χ3v) is 9.47. The third kappa shape index (κ3) is 3.94. The average molecular weight is 487 g/mol. The lowest BCUT2D eigenvalue weighted by Gasteiger charge is -2.37. The minimum Gasteiger partial charge on any atom is -0.466 e. The van der Waals surface area contributed by atoms with Crippen molar-refractivity contribution in [2.24, 2.45) is 11.8 Å². The van der Waals surface area contributed by atoms with Crippen LogP contribution in [-0.4, -0.2) is 74.5 Å². The Hall–Kier alpha value is -2.32. The fourth-order valence-electron chi connectivity index (χ4n) is 6.14. The molecule has 2 amide bonds. The SMILES string of the molecule is C=CCN(Cc1ccccc1)C(=O)C1N(CCCO)C(=O)[C@@H]2[C@H](C(=O)OCC)[C@]3(C)CCC12S3. The van der Waals surface area contributed by atoms with Crippen molar-refractivity contribution >= 4 is 29.5 Å². The number of ether oxygens (including phenoxy) is 1. The fraction of sp³-hybridized carbons (Fsp3) is 0.577. The first-order valence-corrected chi connectivity index (χ1v) is 12.9. The number of aliphatic hydroxyl groups excluding tert-OH is 1. The number of thioether (sulfide) groups is 1. The van der Waals surface area contributed by atoms with Crippen molar-refractivity contribution in [2.45, 2.75) is 55.2 Å². The summed E-state index contributed by atoms with van der Waals surface area (Å²) in [4.78, 5) is 44.4. The number of nitrogens with zero attached hydrogens (tertiary/aromatic N) is 2. The minimum absolute atomic E-state index is 0.0745. The molecule has 8 heteroatoms. The molecule has 4 rings (SSSR count). The van der Waals surface area contributed by atoms with E-state index in [0.717, 1.165) is 12.0 Å². The molecule has 2 unspecified atom stereocenters. The molecule has 1 N–H and O–H groups in total. The highest BCUT2D eigenvalue weighted by Gasteiger charge is 2.77. The minimum atomic E-state index is -0.688. The Balaban J connectivity index is 1.73. The second kappa shape index (κ2) is 9.74. The number of esters is 1. The highest BCUT2D eigenvalue weighted by Crippen LogP contribution is 2.71. The zero-order valence-corrected chi connectivity index (χ0v) is 20.8. The quantitative estimate of drug-likeness (QED) is 0.404. The molecule has 0 aliphatic carbocycles. The van der Waals surface area contributed by atoms with Crippen molar-refractivity contribution in [1.29, 1.82) is 0 Å². The lowest BCUT2D eigenvalue weighted by atomic mass is 9.66. The standard InChI is InChI=1S/C26H34N2O5S/c1-4-14-27(17-18-10-7-6-8-11-18)23(31)21-26-13-12-25(3,34-26)20(24(32)33-5-2)19(26)22(30)28(21)15-9-16-29/h4,6-8,10-11,19-21,29H,1,5,9,12-17H2,2-3H3/t19-,20+,21?,25-,26?/m0/s1. The molecule has 7 nitrogen and oxygen atoms in total. The normalized spacial score (nSPS) is 31.4. The first-order valence-electron chi connectivity index (χ1n) is 12.0. The number of fused-ring (bicyclic) bond motifs is 1. The molecule has 5 atom stereocenters. The van der Waals surface area contributed by atoms with Crippen LogP contribution in [0.1, 0.15) is 38.7 Å². The van der Waals surface area contributed by atoms with E-state index >= 15 is 0 Å². The Bertz CT molecular complexity index is 956. The highest BCUT2D eigenvalue weighted by molar-refractivity contribution is 8.02. The summed E-state index contributed by atoms with van der Waals surface area (Å²) >= 11 is 1.63. The molecule has 184 valence electrons. The molecule has 1 aromatic rings. The fourth-order valence-corrected chi connectivity index (χ4v) is 8.48. The van der Waals surface area contributed by atoms with Crippen molar-refractivity contribution in [3.8, 4) is 0 Å². The van der Waals surface area contributed by atoms with E-state index < -0.39 is 27.4 Å². The molecule has 1 spiro atoms. The van der Waals surface area contributed by atoms with E-state index in [2.05, 4.69) is 6.58 Å². The van der Waals surface area contributed by atoms with Crippen LogP contribution in [0.15, 0.2) is 43.0 Å². The maximum Gasteiger partial charge on any atom is 0.311 e. The molecule has 3 aliphatic heterocycles. The molecule has 0 aromatic heterocycles. The van der Waals surface area contributed by atoms with Gasteiger partial charge >= 0.3 is 5.97 Å². The number of hydrogen-bond donors (Lipinski definition) is 1. The van der Waals surface area contributed by atoms with Gasteiger partial charge in [-0.3, -0.25) is 14.4 Å². The van der Waals surface area contributed by atoms with Crippen molar-refractivity contribution in [3.05, 3.63) is 48.6 Å². The summed E-state index contributed by atoms with van der Waals surface area (Å²) in [5.41, 5.74) is 0.998. The number of aliphatic hydroxyl groups is 1. The predicted octanol–water partition coefficient (Wildman–Crippen LogP) is 2.63. The third-order valence-electron chi connectivity index (χ3n) is 7.49. The number of rotatable bonds is 10. The van der Waals surface area contributed by atoms with Crippen molar-refractivity contribution < 1.29 is 24.2 Å². The van der Waals surface area contributed by atoms with E-state index in [9.17, 15) is 19.5 Å². The smallest absolute Gasteiger partial charge is 0.311 e. The molecule has 3 aliphatic rings. The Morgan fingerprint density at radius 3 is 2.71 bits per heavy atom. The first-order chi connectivity index (χ1) is 16.3.